The van der Waals surface area contributed by atoms with E-state index >= 15 is 0 Å². The monoisotopic (exact) mass is 517 g/mol. The van der Waals surface area contributed by atoms with Gasteiger partial charge in [-0.2, -0.15) is 4.55 Å². The summed E-state index contributed by atoms with van der Waals surface area (Å²) >= 11 is 0. The number of nitrogens with one attached hydrogen (secondary N) is 2. The van der Waals surface area contributed by atoms with Crippen molar-refractivity contribution in [3.63, 3.8) is 0 Å². The zero-order valence-electron chi connectivity index (χ0n) is 19.5. The van der Waals surface area contributed by atoms with E-state index in [1.807, 2.05) is 0 Å². The first-order chi connectivity index (χ1) is 17.2. The molecule has 3 aromatic rings. The van der Waals surface area contributed by atoms with Crippen LogP contribution >= 0.6 is 0 Å². The average molecular weight is 518 g/mol. The Hall–Kier alpha value is -2.72. The Morgan fingerprint density at radius 3 is 2.08 bits per heavy atom. The second kappa shape index (κ2) is 9.97. The smallest absolute Gasteiger partial charge is 0.406 e. The third-order valence-electron chi connectivity index (χ3n) is 6.99. The highest BCUT2D eigenvalue weighted by Gasteiger charge is 2.39. The van der Waals surface area contributed by atoms with Crippen LogP contribution in [0.2, 0.25) is 0 Å². The number of fused-ring (bicyclic) bond motifs is 2. The van der Waals surface area contributed by atoms with Crippen molar-refractivity contribution < 1.29 is 26.7 Å². The molecule has 1 heterocycles. The molecule has 3 aromatic carbocycles. The van der Waals surface area contributed by atoms with Crippen LogP contribution in [0.4, 0.5) is 13.2 Å². The quantitative estimate of drug-likeness (QED) is 0.393. The van der Waals surface area contributed by atoms with Crippen LogP contribution in [0.5, 0.6) is 5.75 Å². The third kappa shape index (κ3) is 5.49. The molecule has 5 rings (SSSR count). The lowest BCUT2D eigenvalue weighted by atomic mass is 9.79. The van der Waals surface area contributed by atoms with Gasteiger partial charge in [-0.15, -0.1) is 17.9 Å². The Bertz CT molecular complexity index is 1220. The van der Waals surface area contributed by atoms with E-state index < -0.39 is 22.5 Å². The highest BCUT2D eigenvalue weighted by molar-refractivity contribution is 7.95. The fourth-order valence-corrected chi connectivity index (χ4v) is 6.74. The van der Waals surface area contributed by atoms with Crippen molar-refractivity contribution in [2.24, 2.45) is 0 Å². The van der Waals surface area contributed by atoms with Crippen LogP contribution in [-0.2, 0) is 27.5 Å². The number of ether oxygens (including phenoxy) is 1. The van der Waals surface area contributed by atoms with Gasteiger partial charge in [0.15, 0.2) is 0 Å². The Morgan fingerprint density at radius 2 is 1.50 bits per heavy atom. The number of aryl methyl sites for hydroxylation is 2. The normalized spacial score (nSPS) is 22.1. The predicted octanol–water partition coefficient (Wildman–Crippen LogP) is 5.47. The Labute approximate surface area is 209 Å². The lowest BCUT2D eigenvalue weighted by molar-refractivity contribution is -0.274. The maximum absolute atomic E-state index is 13.1. The van der Waals surface area contributed by atoms with Crippen LogP contribution in [0.25, 0.3) is 0 Å². The van der Waals surface area contributed by atoms with Crippen LogP contribution in [0.15, 0.2) is 77.7 Å². The number of hydrogen-bond acceptors (Lipinski definition) is 3. The summed E-state index contributed by atoms with van der Waals surface area (Å²) in [7, 11) is -3.67. The lowest BCUT2D eigenvalue weighted by Gasteiger charge is -2.36. The predicted molar refractivity (Wildman–Crippen MR) is 132 cm³/mol. The van der Waals surface area contributed by atoms with Crippen LogP contribution in [0.1, 0.15) is 41.0 Å². The van der Waals surface area contributed by atoms with Crippen molar-refractivity contribution in [2.75, 3.05) is 6.54 Å². The zero-order chi connectivity index (χ0) is 25.3. The van der Waals surface area contributed by atoms with Crippen molar-refractivity contribution in [1.29, 1.82) is 0 Å². The van der Waals surface area contributed by atoms with Gasteiger partial charge in [0, 0.05) is 24.1 Å². The minimum absolute atomic E-state index is 0.0114. The summed E-state index contributed by atoms with van der Waals surface area (Å²) in [6, 6.07) is 21.2. The zero-order valence-corrected chi connectivity index (χ0v) is 20.3. The molecule has 1 fully saturated rings. The summed E-state index contributed by atoms with van der Waals surface area (Å²) in [4.78, 5) is 0.0114. The number of halogens is 3. The van der Waals surface area contributed by atoms with E-state index in [1.54, 1.807) is 0 Å². The average Bonchev–Trinajstić information content (AvgIpc) is 3.00. The number of alkyl halides is 3. The minimum Gasteiger partial charge on any atom is -0.406 e. The first kappa shape index (κ1) is 25.0. The largest absolute Gasteiger partial charge is 0.573 e. The topological polar surface area (TPSA) is 70.6 Å². The first-order valence-corrected chi connectivity index (χ1v) is 13.5. The van der Waals surface area contributed by atoms with Gasteiger partial charge in [-0.25, -0.2) is 0 Å². The molecule has 1 aliphatic heterocycles. The molecule has 3 unspecified atom stereocenters. The van der Waals surface area contributed by atoms with E-state index in [0.29, 0.717) is 19.4 Å². The van der Waals surface area contributed by atoms with Crippen molar-refractivity contribution >= 4 is 10.4 Å². The molecule has 0 bridgehead atoms. The molecule has 3 atom stereocenters. The van der Waals surface area contributed by atoms with Gasteiger partial charge in [-0.3, -0.25) is 0 Å². The summed E-state index contributed by atoms with van der Waals surface area (Å²) in [5, 5.41) is 3.65. The van der Waals surface area contributed by atoms with Crippen molar-refractivity contribution in [3.8, 4) is 5.75 Å². The Balaban J connectivity index is 1.36. The molecule has 0 aromatic heterocycles. The fourth-order valence-electron chi connectivity index (χ4n) is 5.43. The van der Waals surface area contributed by atoms with Gasteiger partial charge >= 0.3 is 16.8 Å². The summed E-state index contributed by atoms with van der Waals surface area (Å²) in [5.74, 6) is -0.327. The molecule has 1 aliphatic carbocycles. The molecule has 0 saturated carbocycles. The molecule has 2 aliphatic rings. The van der Waals surface area contributed by atoms with Crippen molar-refractivity contribution in [1.82, 2.24) is 10.0 Å². The van der Waals surface area contributed by atoms with Crippen LogP contribution < -0.4 is 14.8 Å². The summed E-state index contributed by atoms with van der Waals surface area (Å²) in [6.07, 6.45) is -1.60. The second-order valence-electron chi connectivity index (χ2n) is 9.32. The van der Waals surface area contributed by atoms with Crippen molar-refractivity contribution in [3.05, 3.63) is 95.1 Å². The van der Waals surface area contributed by atoms with Gasteiger partial charge in [-0.1, -0.05) is 48.5 Å². The molecule has 36 heavy (non-hydrogen) atoms. The number of benzene rings is 3. The molecule has 0 radical (unpaired) electrons. The summed E-state index contributed by atoms with van der Waals surface area (Å²) < 4.78 is 68.0. The molecule has 3 N–H and O–H groups in total. The van der Waals surface area contributed by atoms with E-state index in [1.165, 1.54) is 34.4 Å². The van der Waals surface area contributed by atoms with Gasteiger partial charge in [0.1, 0.15) is 5.75 Å². The Kier molecular flexibility index (Phi) is 6.91. The van der Waals surface area contributed by atoms with E-state index in [0.717, 1.165) is 25.0 Å². The molecule has 5 nitrogen and oxygen atoms in total. The maximum Gasteiger partial charge on any atom is 0.573 e. The Morgan fingerprint density at radius 1 is 0.917 bits per heavy atom. The highest BCUT2D eigenvalue weighted by Crippen LogP contribution is 2.39. The summed E-state index contributed by atoms with van der Waals surface area (Å²) in [6.45, 7) is 0.678. The van der Waals surface area contributed by atoms with Gasteiger partial charge < -0.3 is 10.1 Å². The first-order valence-electron chi connectivity index (χ1n) is 12.0. The molecular formula is C27H28F3N2O3S+. The van der Waals surface area contributed by atoms with E-state index in [9.17, 15) is 21.9 Å². The van der Waals surface area contributed by atoms with Crippen molar-refractivity contribution in [2.45, 2.75) is 54.9 Å². The lowest BCUT2D eigenvalue weighted by Crippen LogP contribution is -2.51. The fraction of sp³-hybridized carbons (Fsp3) is 0.333. The van der Waals surface area contributed by atoms with Gasteiger partial charge in [0.25, 0.3) is 0 Å². The van der Waals surface area contributed by atoms with E-state index in [2.05, 4.69) is 63.3 Å². The molecule has 0 amide bonds. The molecule has 0 spiro atoms. The van der Waals surface area contributed by atoms with Crippen LogP contribution in [-0.4, -0.2) is 29.5 Å². The maximum atomic E-state index is 13.1. The summed E-state index contributed by atoms with van der Waals surface area (Å²) in [5.41, 5.74) is 5.21. The SMILES string of the molecule is O=[S+](O)(NC1CCNC(C2c3ccccc3CCc3ccccc32)C1)c1ccc(OC(F)(F)F)cc1. The molecular weight excluding hydrogens is 489 g/mol. The molecule has 190 valence electrons. The molecule has 9 heteroatoms. The minimum atomic E-state index is -4.82. The van der Waals surface area contributed by atoms with Gasteiger partial charge in [0.2, 0.25) is 4.90 Å². The van der Waals surface area contributed by atoms with E-state index in [4.69, 9.17) is 0 Å². The number of hydrogen-bond donors (Lipinski definition) is 3. The number of piperidine rings is 1. The highest BCUT2D eigenvalue weighted by atomic mass is 32.3. The second-order valence-corrected chi connectivity index (χ2v) is 11.1. The van der Waals surface area contributed by atoms with E-state index in [-0.39, 0.29) is 22.9 Å². The molecule has 1 saturated heterocycles. The van der Waals surface area contributed by atoms with Gasteiger partial charge in [-0.05, 0) is 70.8 Å². The van der Waals surface area contributed by atoms with Gasteiger partial charge in [0.05, 0.1) is 6.04 Å². The number of rotatable bonds is 5. The standard InChI is InChI=1S/C27H27F3N2O3S/c28-27(29,30)35-21-11-13-22(14-12-21)36(33,34)32-20-15-16-31-25(17-20)26-23-7-3-1-5-18(23)9-10-19-6-2-4-8-24(19)26/h1-8,11-14,20,25-26,31H,9-10,15-17H2,(H-,32,33,34)/p+1. The van der Waals surface area contributed by atoms with Crippen LogP contribution in [0, 0.1) is 0 Å². The van der Waals surface area contributed by atoms with Crippen LogP contribution in [0.3, 0.4) is 0 Å². The third-order valence-corrected chi connectivity index (χ3v) is 8.55.